The topological polar surface area (TPSA) is 77.8 Å². The molecule has 0 saturated heterocycles. The summed E-state index contributed by atoms with van der Waals surface area (Å²) in [5.41, 5.74) is 5.43. The molecule has 3 aromatic carbocycles. The molecule has 0 bridgehead atoms. The van der Waals surface area contributed by atoms with Gasteiger partial charge in [0.2, 0.25) is 0 Å². The van der Waals surface area contributed by atoms with Crippen LogP contribution in [0.15, 0.2) is 78.9 Å². The lowest BCUT2D eigenvalue weighted by atomic mass is 10.1. The minimum absolute atomic E-state index is 0.0943. The Hall–Kier alpha value is -4.12. The third-order valence-electron chi connectivity index (χ3n) is 5.57. The lowest BCUT2D eigenvalue weighted by Gasteiger charge is -2.24. The zero-order valence-electron chi connectivity index (χ0n) is 19.7. The smallest absolute Gasteiger partial charge is 0.303 e. The van der Waals surface area contributed by atoms with Gasteiger partial charge in [0.05, 0.1) is 0 Å². The van der Waals surface area contributed by atoms with E-state index < -0.39 is 11.9 Å². The first kappa shape index (κ1) is 25.5. The van der Waals surface area contributed by atoms with Crippen molar-refractivity contribution in [3.63, 3.8) is 0 Å². The number of hydrogen-bond donors (Lipinski definition) is 2. The van der Waals surface area contributed by atoms with E-state index in [0.717, 1.165) is 22.4 Å². The molecule has 0 aromatic heterocycles. The van der Waals surface area contributed by atoms with Gasteiger partial charge in [0.25, 0.3) is 0 Å². The molecule has 0 spiro atoms. The molecule has 0 saturated carbocycles. The Bertz CT molecular complexity index is 1110. The van der Waals surface area contributed by atoms with Crippen molar-refractivity contribution in [3.05, 3.63) is 101 Å². The van der Waals surface area contributed by atoms with Crippen LogP contribution in [0, 0.1) is 0 Å². The summed E-state index contributed by atoms with van der Waals surface area (Å²) in [5.74, 6) is -1.65. The van der Waals surface area contributed by atoms with Crippen LogP contribution >= 0.6 is 0 Å². The maximum absolute atomic E-state index is 10.9. The molecular formula is C30H31NO4. The molecular weight excluding hydrogens is 438 g/mol. The molecule has 0 fully saturated rings. The summed E-state index contributed by atoms with van der Waals surface area (Å²) in [4.78, 5) is 23.8. The van der Waals surface area contributed by atoms with Crippen molar-refractivity contribution in [2.75, 3.05) is 18.0 Å². The van der Waals surface area contributed by atoms with Crippen LogP contribution < -0.4 is 4.90 Å². The quantitative estimate of drug-likeness (QED) is 0.277. The molecule has 3 rings (SSSR count). The normalized spacial score (nSPS) is 11.2. The van der Waals surface area contributed by atoms with Crippen LogP contribution in [0.2, 0.25) is 0 Å². The van der Waals surface area contributed by atoms with E-state index in [1.165, 1.54) is 5.56 Å². The number of benzene rings is 3. The fourth-order valence-electron chi connectivity index (χ4n) is 3.68. The summed E-state index contributed by atoms with van der Waals surface area (Å²) in [6.45, 7) is 1.15. The maximum atomic E-state index is 10.9. The Labute approximate surface area is 206 Å². The zero-order chi connectivity index (χ0) is 24.9. The maximum Gasteiger partial charge on any atom is 0.303 e. The molecule has 0 atom stereocenters. The van der Waals surface area contributed by atoms with E-state index in [-0.39, 0.29) is 12.8 Å². The van der Waals surface area contributed by atoms with Crippen LogP contribution in [-0.2, 0) is 9.59 Å². The van der Waals surface area contributed by atoms with Crippen LogP contribution in [0.4, 0.5) is 5.69 Å². The first-order valence-electron chi connectivity index (χ1n) is 11.8. The van der Waals surface area contributed by atoms with E-state index in [1.54, 1.807) is 0 Å². The standard InChI is InChI=1S/C30H31NO4/c32-29(33)8-4-22-31(23-5-9-30(34)35)28-20-18-27(19-21-28)17-16-26-14-12-25(13-15-26)11-10-24-6-2-1-3-7-24/h1-3,6-7,10-21H,4-5,8-9,22-23H2,(H,32,33)(H,34,35)/b11-10+,17-16+. The predicted molar refractivity (Wildman–Crippen MR) is 143 cm³/mol. The summed E-state index contributed by atoms with van der Waals surface area (Å²) in [6, 6.07) is 26.6. The first-order chi connectivity index (χ1) is 17.0. The number of nitrogens with zero attached hydrogens (tertiary/aromatic N) is 1. The molecule has 0 aliphatic rings. The molecule has 0 aliphatic carbocycles. The second-order valence-corrected chi connectivity index (χ2v) is 8.32. The number of carboxylic acid groups (broad SMARTS) is 2. The highest BCUT2D eigenvalue weighted by Crippen LogP contribution is 2.19. The van der Waals surface area contributed by atoms with Crippen molar-refractivity contribution >= 4 is 41.9 Å². The van der Waals surface area contributed by atoms with Gasteiger partial charge in [-0.15, -0.1) is 0 Å². The van der Waals surface area contributed by atoms with Gasteiger partial charge in [0.15, 0.2) is 0 Å². The fraction of sp³-hybridized carbons (Fsp3) is 0.200. The van der Waals surface area contributed by atoms with Gasteiger partial charge >= 0.3 is 11.9 Å². The highest BCUT2D eigenvalue weighted by molar-refractivity contribution is 5.73. The second kappa shape index (κ2) is 13.6. The van der Waals surface area contributed by atoms with Crippen LogP contribution in [0.1, 0.15) is 47.9 Å². The molecule has 0 radical (unpaired) electrons. The van der Waals surface area contributed by atoms with Gasteiger partial charge in [-0.05, 0) is 47.2 Å². The van der Waals surface area contributed by atoms with Crippen molar-refractivity contribution < 1.29 is 19.8 Å². The van der Waals surface area contributed by atoms with Crippen LogP contribution in [0.25, 0.3) is 24.3 Å². The fourth-order valence-corrected chi connectivity index (χ4v) is 3.68. The number of carboxylic acids is 2. The van der Waals surface area contributed by atoms with E-state index in [1.807, 2.05) is 42.5 Å². The van der Waals surface area contributed by atoms with E-state index in [4.69, 9.17) is 10.2 Å². The Morgan fingerprint density at radius 2 is 0.943 bits per heavy atom. The molecule has 0 aliphatic heterocycles. The summed E-state index contributed by atoms with van der Waals surface area (Å²) < 4.78 is 0. The van der Waals surface area contributed by atoms with Crippen molar-refractivity contribution in [2.24, 2.45) is 0 Å². The van der Waals surface area contributed by atoms with Crippen LogP contribution in [-0.4, -0.2) is 35.2 Å². The van der Waals surface area contributed by atoms with E-state index >= 15 is 0 Å². The van der Waals surface area contributed by atoms with Gasteiger partial charge in [-0.3, -0.25) is 9.59 Å². The molecule has 180 valence electrons. The van der Waals surface area contributed by atoms with E-state index in [0.29, 0.717) is 25.9 Å². The van der Waals surface area contributed by atoms with Crippen molar-refractivity contribution in [2.45, 2.75) is 25.7 Å². The summed E-state index contributed by atoms with van der Waals surface area (Å²) in [6.07, 6.45) is 9.53. The van der Waals surface area contributed by atoms with Gasteiger partial charge < -0.3 is 15.1 Å². The number of rotatable bonds is 13. The summed E-state index contributed by atoms with van der Waals surface area (Å²) >= 11 is 0. The largest absolute Gasteiger partial charge is 0.481 e. The molecule has 0 heterocycles. The highest BCUT2D eigenvalue weighted by atomic mass is 16.4. The van der Waals surface area contributed by atoms with Gasteiger partial charge in [0, 0.05) is 31.6 Å². The summed E-state index contributed by atoms with van der Waals surface area (Å²) in [5, 5.41) is 17.8. The highest BCUT2D eigenvalue weighted by Gasteiger charge is 2.09. The van der Waals surface area contributed by atoms with Crippen LogP contribution in [0.3, 0.4) is 0 Å². The molecule has 0 unspecified atom stereocenters. The average Bonchev–Trinajstić information content (AvgIpc) is 2.86. The van der Waals surface area contributed by atoms with Crippen molar-refractivity contribution in [1.82, 2.24) is 0 Å². The lowest BCUT2D eigenvalue weighted by Crippen LogP contribution is -2.26. The minimum Gasteiger partial charge on any atom is -0.481 e. The number of aliphatic carboxylic acids is 2. The SMILES string of the molecule is O=C(O)CCCN(CCCC(=O)O)c1ccc(/C=C/c2ccc(/C=C/c3ccccc3)cc2)cc1. The molecule has 5 heteroatoms. The molecule has 5 nitrogen and oxygen atoms in total. The van der Waals surface area contributed by atoms with E-state index in [9.17, 15) is 9.59 Å². The van der Waals surface area contributed by atoms with Crippen molar-refractivity contribution in [1.29, 1.82) is 0 Å². The monoisotopic (exact) mass is 469 g/mol. The van der Waals surface area contributed by atoms with Gasteiger partial charge in [-0.1, -0.05) is 91.0 Å². The number of anilines is 1. The Morgan fingerprint density at radius 1 is 0.571 bits per heavy atom. The third kappa shape index (κ3) is 9.33. The second-order valence-electron chi connectivity index (χ2n) is 8.32. The Kier molecular flexibility index (Phi) is 9.88. The molecule has 2 N–H and O–H groups in total. The number of carbonyl (C=O) groups is 2. The van der Waals surface area contributed by atoms with E-state index in [2.05, 4.69) is 65.6 Å². The molecule has 3 aromatic rings. The summed E-state index contributed by atoms with van der Waals surface area (Å²) in [7, 11) is 0. The lowest BCUT2D eigenvalue weighted by molar-refractivity contribution is -0.138. The predicted octanol–water partition coefficient (Wildman–Crippen LogP) is 6.56. The zero-order valence-corrected chi connectivity index (χ0v) is 19.7. The van der Waals surface area contributed by atoms with Crippen LogP contribution in [0.5, 0.6) is 0 Å². The van der Waals surface area contributed by atoms with Gasteiger partial charge in [-0.2, -0.15) is 0 Å². The molecule has 0 amide bonds. The first-order valence-corrected chi connectivity index (χ1v) is 11.8. The Morgan fingerprint density at radius 3 is 1.34 bits per heavy atom. The Balaban J connectivity index is 1.59. The minimum atomic E-state index is -0.823. The average molecular weight is 470 g/mol. The molecule has 35 heavy (non-hydrogen) atoms. The van der Waals surface area contributed by atoms with Crippen molar-refractivity contribution in [3.8, 4) is 0 Å². The number of hydrogen-bond acceptors (Lipinski definition) is 3. The van der Waals surface area contributed by atoms with Gasteiger partial charge in [0.1, 0.15) is 0 Å². The van der Waals surface area contributed by atoms with Gasteiger partial charge in [-0.25, -0.2) is 0 Å². The third-order valence-corrected chi connectivity index (χ3v) is 5.57.